The van der Waals surface area contributed by atoms with Crippen LogP contribution >= 0.6 is 15.9 Å². The van der Waals surface area contributed by atoms with E-state index in [2.05, 4.69) is 41.1 Å². The van der Waals surface area contributed by atoms with Crippen molar-refractivity contribution in [2.24, 2.45) is 0 Å². The first kappa shape index (κ1) is 18.4. The van der Waals surface area contributed by atoms with Crippen molar-refractivity contribution in [3.8, 4) is 5.75 Å². The second kappa shape index (κ2) is 8.81. The number of aryl methyl sites for hydroxylation is 1. The SMILES string of the molecule is Cc1ccc(OC(=O)c2ccccc2)c(C(CCBr)c2ccccc2)c1. The first-order valence-corrected chi connectivity index (χ1v) is 9.80. The fourth-order valence-electron chi connectivity index (χ4n) is 3.06. The first-order valence-electron chi connectivity index (χ1n) is 8.67. The van der Waals surface area contributed by atoms with Crippen LogP contribution in [0.4, 0.5) is 0 Å². The third kappa shape index (κ3) is 4.41. The summed E-state index contributed by atoms with van der Waals surface area (Å²) in [5.41, 5.74) is 3.96. The lowest BCUT2D eigenvalue weighted by Crippen LogP contribution is -2.12. The molecule has 1 unspecified atom stereocenters. The second-order valence-electron chi connectivity index (χ2n) is 6.24. The summed E-state index contributed by atoms with van der Waals surface area (Å²) in [5, 5.41) is 0.868. The predicted molar refractivity (Wildman–Crippen MR) is 109 cm³/mol. The molecule has 1 atom stereocenters. The summed E-state index contributed by atoms with van der Waals surface area (Å²) in [6, 6.07) is 25.4. The van der Waals surface area contributed by atoms with Gasteiger partial charge in [0.2, 0.25) is 0 Å². The van der Waals surface area contributed by atoms with Crippen LogP contribution in [0.5, 0.6) is 5.75 Å². The number of carbonyl (C=O) groups excluding carboxylic acids is 1. The smallest absolute Gasteiger partial charge is 0.343 e. The van der Waals surface area contributed by atoms with Gasteiger partial charge in [0.25, 0.3) is 0 Å². The molecule has 0 aliphatic carbocycles. The lowest BCUT2D eigenvalue weighted by atomic mass is 9.88. The Morgan fingerprint density at radius 2 is 1.62 bits per heavy atom. The maximum Gasteiger partial charge on any atom is 0.343 e. The number of benzene rings is 3. The van der Waals surface area contributed by atoms with Crippen LogP contribution in [0, 0.1) is 6.92 Å². The molecular formula is C23H21BrO2. The first-order chi connectivity index (χ1) is 12.7. The molecule has 0 aliphatic heterocycles. The number of esters is 1. The predicted octanol–water partition coefficient (Wildman–Crippen LogP) is 6.13. The molecule has 0 N–H and O–H groups in total. The Morgan fingerprint density at radius 3 is 2.27 bits per heavy atom. The molecule has 3 aromatic carbocycles. The number of hydrogen-bond donors (Lipinski definition) is 0. The van der Waals surface area contributed by atoms with E-state index in [0.29, 0.717) is 11.3 Å². The number of halogens is 1. The van der Waals surface area contributed by atoms with Gasteiger partial charge in [-0.2, -0.15) is 0 Å². The fraction of sp³-hybridized carbons (Fsp3) is 0.174. The molecule has 132 valence electrons. The number of ether oxygens (including phenoxy) is 1. The number of carbonyl (C=O) groups is 1. The van der Waals surface area contributed by atoms with Gasteiger partial charge < -0.3 is 4.74 Å². The molecule has 0 saturated heterocycles. The summed E-state index contributed by atoms with van der Waals surface area (Å²) >= 11 is 3.57. The van der Waals surface area contributed by atoms with Crippen molar-refractivity contribution in [1.29, 1.82) is 0 Å². The lowest BCUT2D eigenvalue weighted by molar-refractivity contribution is 0.0732. The third-order valence-corrected chi connectivity index (χ3v) is 4.81. The van der Waals surface area contributed by atoms with Gasteiger partial charge in [-0.05, 0) is 37.1 Å². The van der Waals surface area contributed by atoms with Crippen LogP contribution in [0.25, 0.3) is 0 Å². The van der Waals surface area contributed by atoms with Crippen molar-refractivity contribution in [3.05, 3.63) is 101 Å². The minimum Gasteiger partial charge on any atom is -0.423 e. The number of alkyl halides is 1. The minimum absolute atomic E-state index is 0.161. The average Bonchev–Trinajstić information content (AvgIpc) is 2.69. The molecule has 0 aromatic heterocycles. The van der Waals surface area contributed by atoms with Crippen LogP contribution in [-0.4, -0.2) is 11.3 Å². The van der Waals surface area contributed by atoms with Gasteiger partial charge >= 0.3 is 5.97 Å². The summed E-state index contributed by atoms with van der Waals surface area (Å²) < 4.78 is 5.78. The Morgan fingerprint density at radius 1 is 0.962 bits per heavy atom. The molecule has 3 rings (SSSR count). The van der Waals surface area contributed by atoms with Crippen LogP contribution < -0.4 is 4.74 Å². The average molecular weight is 409 g/mol. The Kier molecular flexibility index (Phi) is 6.24. The van der Waals surface area contributed by atoms with Crippen molar-refractivity contribution in [2.45, 2.75) is 19.3 Å². The topological polar surface area (TPSA) is 26.3 Å². The zero-order valence-corrected chi connectivity index (χ0v) is 16.3. The highest BCUT2D eigenvalue weighted by Gasteiger charge is 2.20. The van der Waals surface area contributed by atoms with Gasteiger partial charge in [0, 0.05) is 16.8 Å². The van der Waals surface area contributed by atoms with Gasteiger partial charge in [-0.1, -0.05) is 82.2 Å². The van der Waals surface area contributed by atoms with Gasteiger partial charge in [-0.3, -0.25) is 0 Å². The molecule has 3 heteroatoms. The highest BCUT2D eigenvalue weighted by atomic mass is 79.9. The Hall–Kier alpha value is -2.39. The molecule has 0 radical (unpaired) electrons. The maximum atomic E-state index is 12.5. The van der Waals surface area contributed by atoms with Gasteiger partial charge in [-0.25, -0.2) is 4.79 Å². The molecule has 0 saturated carbocycles. The molecule has 0 amide bonds. The minimum atomic E-state index is -0.332. The molecule has 0 heterocycles. The molecule has 0 bridgehead atoms. The van der Waals surface area contributed by atoms with E-state index in [1.165, 1.54) is 5.56 Å². The zero-order valence-electron chi connectivity index (χ0n) is 14.7. The Bertz CT molecular complexity index is 860. The van der Waals surface area contributed by atoms with Crippen molar-refractivity contribution in [3.63, 3.8) is 0 Å². The fourth-order valence-corrected chi connectivity index (χ4v) is 3.52. The quantitative estimate of drug-likeness (QED) is 0.278. The van der Waals surface area contributed by atoms with Gasteiger partial charge in [-0.15, -0.1) is 0 Å². The van der Waals surface area contributed by atoms with Crippen LogP contribution in [0.3, 0.4) is 0 Å². The molecule has 0 aliphatic rings. The number of hydrogen-bond acceptors (Lipinski definition) is 2. The summed E-state index contributed by atoms with van der Waals surface area (Å²) in [5.74, 6) is 0.453. The highest BCUT2D eigenvalue weighted by molar-refractivity contribution is 9.09. The second-order valence-corrected chi connectivity index (χ2v) is 7.03. The normalized spacial score (nSPS) is 11.8. The maximum absolute atomic E-state index is 12.5. The Balaban J connectivity index is 1.98. The van der Waals surface area contributed by atoms with Crippen molar-refractivity contribution >= 4 is 21.9 Å². The summed E-state index contributed by atoms with van der Waals surface area (Å²) in [4.78, 5) is 12.5. The van der Waals surface area contributed by atoms with Crippen molar-refractivity contribution in [2.75, 3.05) is 5.33 Å². The van der Waals surface area contributed by atoms with E-state index in [-0.39, 0.29) is 11.9 Å². The highest BCUT2D eigenvalue weighted by Crippen LogP contribution is 2.36. The molecule has 0 spiro atoms. The van der Waals surface area contributed by atoms with E-state index in [9.17, 15) is 4.79 Å². The van der Waals surface area contributed by atoms with Gasteiger partial charge in [0.1, 0.15) is 5.75 Å². The van der Waals surface area contributed by atoms with Crippen LogP contribution in [-0.2, 0) is 0 Å². The molecule has 2 nitrogen and oxygen atoms in total. The largest absolute Gasteiger partial charge is 0.423 e. The summed E-state index contributed by atoms with van der Waals surface area (Å²) in [7, 11) is 0. The number of rotatable bonds is 6. The van der Waals surface area contributed by atoms with E-state index < -0.39 is 0 Å². The third-order valence-electron chi connectivity index (χ3n) is 4.35. The Labute approximate surface area is 163 Å². The van der Waals surface area contributed by atoms with E-state index in [1.54, 1.807) is 12.1 Å². The molecule has 26 heavy (non-hydrogen) atoms. The molecule has 0 fully saturated rings. The molecular weight excluding hydrogens is 388 g/mol. The van der Waals surface area contributed by atoms with Crippen LogP contribution in [0.15, 0.2) is 78.9 Å². The van der Waals surface area contributed by atoms with E-state index in [0.717, 1.165) is 22.9 Å². The van der Waals surface area contributed by atoms with Crippen molar-refractivity contribution in [1.82, 2.24) is 0 Å². The van der Waals surface area contributed by atoms with Crippen LogP contribution in [0.1, 0.15) is 39.4 Å². The van der Waals surface area contributed by atoms with E-state index in [1.807, 2.05) is 48.5 Å². The summed E-state index contributed by atoms with van der Waals surface area (Å²) in [6.45, 7) is 2.06. The van der Waals surface area contributed by atoms with Crippen molar-refractivity contribution < 1.29 is 9.53 Å². The van der Waals surface area contributed by atoms with Gasteiger partial charge in [0.15, 0.2) is 0 Å². The van der Waals surface area contributed by atoms with Crippen LogP contribution in [0.2, 0.25) is 0 Å². The standard InChI is InChI=1S/C23H21BrO2/c1-17-12-13-22(26-23(25)19-10-6-3-7-11-19)21(16-17)20(14-15-24)18-8-4-2-5-9-18/h2-13,16,20H,14-15H2,1H3. The van der Waals surface area contributed by atoms with Gasteiger partial charge in [0.05, 0.1) is 5.56 Å². The monoisotopic (exact) mass is 408 g/mol. The van der Waals surface area contributed by atoms with E-state index >= 15 is 0 Å². The molecule has 3 aromatic rings. The lowest BCUT2D eigenvalue weighted by Gasteiger charge is -2.21. The zero-order chi connectivity index (χ0) is 18.4. The summed E-state index contributed by atoms with van der Waals surface area (Å²) in [6.07, 6.45) is 0.920. The van der Waals surface area contributed by atoms with E-state index in [4.69, 9.17) is 4.74 Å².